The fraction of sp³-hybridized carbons (Fsp3) is 0.556. The minimum Gasteiger partial charge on any atom is -0.327 e. The highest BCUT2D eigenvalue weighted by Crippen LogP contribution is 2.24. The molecule has 0 fully saturated rings. The Labute approximate surface area is 66.8 Å². The molecule has 0 aromatic heterocycles. The van der Waals surface area contributed by atoms with E-state index in [4.69, 9.17) is 5.73 Å². The minimum absolute atomic E-state index is 0.0955. The van der Waals surface area contributed by atoms with Crippen LogP contribution in [0.25, 0.3) is 0 Å². The molecule has 0 amide bonds. The first-order valence-electron chi connectivity index (χ1n) is 3.91. The summed E-state index contributed by atoms with van der Waals surface area (Å²) in [5, 5.41) is 0. The number of hydrogen-bond donors (Lipinski definition) is 1. The monoisotopic (exact) mass is 155 g/mol. The van der Waals surface area contributed by atoms with Crippen molar-refractivity contribution in [2.24, 2.45) is 11.7 Å². The van der Waals surface area contributed by atoms with Crippen LogP contribution >= 0.6 is 0 Å². The SMILES string of the molecule is CC1=CC(C(C)N)CC=C1F. The van der Waals surface area contributed by atoms with E-state index >= 15 is 0 Å². The summed E-state index contributed by atoms with van der Waals surface area (Å²) in [4.78, 5) is 0. The van der Waals surface area contributed by atoms with E-state index in [-0.39, 0.29) is 11.9 Å². The first-order valence-corrected chi connectivity index (χ1v) is 3.91. The average Bonchev–Trinajstić information content (AvgIpc) is 1.94. The molecule has 0 aliphatic heterocycles. The molecule has 0 heterocycles. The van der Waals surface area contributed by atoms with Crippen LogP contribution in [0.4, 0.5) is 4.39 Å². The molecule has 1 aliphatic rings. The number of hydrogen-bond acceptors (Lipinski definition) is 1. The van der Waals surface area contributed by atoms with Gasteiger partial charge in [-0.25, -0.2) is 4.39 Å². The third-order valence-corrected chi connectivity index (χ3v) is 2.09. The summed E-state index contributed by atoms with van der Waals surface area (Å²) in [6.07, 6.45) is 4.27. The summed E-state index contributed by atoms with van der Waals surface area (Å²) >= 11 is 0. The Balaban J connectivity index is 2.69. The fourth-order valence-electron chi connectivity index (χ4n) is 1.24. The molecule has 1 rings (SSSR count). The van der Waals surface area contributed by atoms with E-state index in [0.717, 1.165) is 12.0 Å². The van der Waals surface area contributed by atoms with Crippen LogP contribution in [0.15, 0.2) is 23.6 Å². The molecule has 0 saturated carbocycles. The van der Waals surface area contributed by atoms with Gasteiger partial charge < -0.3 is 5.73 Å². The predicted molar refractivity (Wildman–Crippen MR) is 44.7 cm³/mol. The van der Waals surface area contributed by atoms with Crippen molar-refractivity contribution >= 4 is 0 Å². The van der Waals surface area contributed by atoms with Crippen LogP contribution in [0.1, 0.15) is 20.3 Å². The third kappa shape index (κ3) is 1.90. The van der Waals surface area contributed by atoms with Gasteiger partial charge in [0.25, 0.3) is 0 Å². The zero-order valence-corrected chi connectivity index (χ0v) is 6.97. The third-order valence-electron chi connectivity index (χ3n) is 2.09. The Kier molecular flexibility index (Phi) is 2.45. The molecular weight excluding hydrogens is 141 g/mol. The van der Waals surface area contributed by atoms with E-state index in [1.165, 1.54) is 0 Å². The second-order valence-corrected chi connectivity index (χ2v) is 3.16. The summed E-state index contributed by atoms with van der Waals surface area (Å²) in [7, 11) is 0. The minimum atomic E-state index is -0.0955. The van der Waals surface area contributed by atoms with Crippen LogP contribution < -0.4 is 5.73 Å². The summed E-state index contributed by atoms with van der Waals surface area (Å²) in [6, 6.07) is 0.120. The normalized spacial score (nSPS) is 27.5. The number of halogens is 1. The average molecular weight is 155 g/mol. The standard InChI is InChI=1S/C9H14FN/c1-6-5-8(7(2)11)3-4-9(6)10/h4-5,7-8H,3,11H2,1-2H3. The van der Waals surface area contributed by atoms with Crippen molar-refractivity contribution in [3.8, 4) is 0 Å². The van der Waals surface area contributed by atoms with E-state index in [1.807, 2.05) is 13.0 Å². The fourth-order valence-corrected chi connectivity index (χ4v) is 1.24. The van der Waals surface area contributed by atoms with Crippen molar-refractivity contribution in [2.45, 2.75) is 26.3 Å². The van der Waals surface area contributed by atoms with Gasteiger partial charge in [-0.3, -0.25) is 0 Å². The molecule has 11 heavy (non-hydrogen) atoms. The lowest BCUT2D eigenvalue weighted by Crippen LogP contribution is -2.26. The molecule has 2 heteroatoms. The Morgan fingerprint density at radius 1 is 1.73 bits per heavy atom. The van der Waals surface area contributed by atoms with Gasteiger partial charge in [0, 0.05) is 6.04 Å². The van der Waals surface area contributed by atoms with Gasteiger partial charge in [-0.2, -0.15) is 0 Å². The summed E-state index contributed by atoms with van der Waals surface area (Å²) < 4.78 is 12.8. The maximum Gasteiger partial charge on any atom is 0.121 e. The molecule has 0 spiro atoms. The Morgan fingerprint density at radius 2 is 2.36 bits per heavy atom. The van der Waals surface area contributed by atoms with Crippen LogP contribution in [0.5, 0.6) is 0 Å². The van der Waals surface area contributed by atoms with E-state index in [0.29, 0.717) is 5.92 Å². The highest BCUT2D eigenvalue weighted by atomic mass is 19.1. The van der Waals surface area contributed by atoms with Gasteiger partial charge in [0.2, 0.25) is 0 Å². The molecule has 1 aliphatic carbocycles. The molecule has 0 saturated heterocycles. The Bertz CT molecular complexity index is 204. The van der Waals surface area contributed by atoms with E-state index in [1.54, 1.807) is 13.0 Å². The lowest BCUT2D eigenvalue weighted by molar-refractivity contribution is 0.514. The number of nitrogens with two attached hydrogens (primary N) is 1. The topological polar surface area (TPSA) is 26.0 Å². The zero-order chi connectivity index (χ0) is 8.43. The first kappa shape index (κ1) is 8.47. The smallest absolute Gasteiger partial charge is 0.121 e. The van der Waals surface area contributed by atoms with Crippen molar-refractivity contribution in [3.05, 3.63) is 23.6 Å². The number of rotatable bonds is 1. The molecule has 0 aromatic carbocycles. The molecule has 0 radical (unpaired) electrons. The molecular formula is C9H14FN. The van der Waals surface area contributed by atoms with Gasteiger partial charge in [-0.15, -0.1) is 0 Å². The highest BCUT2D eigenvalue weighted by molar-refractivity contribution is 5.28. The van der Waals surface area contributed by atoms with E-state index in [2.05, 4.69) is 0 Å². The van der Waals surface area contributed by atoms with Crippen LogP contribution in [0.3, 0.4) is 0 Å². The molecule has 2 atom stereocenters. The summed E-state index contributed by atoms with van der Waals surface area (Å²) in [5.74, 6) is 0.219. The van der Waals surface area contributed by atoms with Gasteiger partial charge in [0.1, 0.15) is 5.83 Å². The molecule has 2 unspecified atom stereocenters. The lowest BCUT2D eigenvalue weighted by atomic mass is 9.91. The first-order chi connectivity index (χ1) is 5.11. The van der Waals surface area contributed by atoms with Crippen molar-refractivity contribution in [1.29, 1.82) is 0 Å². The molecule has 1 nitrogen and oxygen atoms in total. The van der Waals surface area contributed by atoms with Crippen molar-refractivity contribution in [1.82, 2.24) is 0 Å². The molecule has 0 bridgehead atoms. The zero-order valence-electron chi connectivity index (χ0n) is 6.97. The van der Waals surface area contributed by atoms with Crippen molar-refractivity contribution < 1.29 is 4.39 Å². The second-order valence-electron chi connectivity index (χ2n) is 3.16. The van der Waals surface area contributed by atoms with Gasteiger partial charge in [-0.1, -0.05) is 6.08 Å². The quantitative estimate of drug-likeness (QED) is 0.617. The predicted octanol–water partition coefficient (Wildman–Crippen LogP) is 2.15. The Morgan fingerprint density at radius 3 is 2.82 bits per heavy atom. The van der Waals surface area contributed by atoms with Gasteiger partial charge in [-0.05, 0) is 37.8 Å². The van der Waals surface area contributed by atoms with Crippen molar-refractivity contribution in [3.63, 3.8) is 0 Å². The maximum atomic E-state index is 12.8. The molecule has 0 aromatic rings. The summed E-state index contributed by atoms with van der Waals surface area (Å²) in [5.41, 5.74) is 6.40. The van der Waals surface area contributed by atoms with Gasteiger partial charge >= 0.3 is 0 Å². The molecule has 2 N–H and O–H groups in total. The van der Waals surface area contributed by atoms with Crippen LogP contribution in [-0.4, -0.2) is 6.04 Å². The second kappa shape index (κ2) is 3.18. The number of allylic oxidation sites excluding steroid dienone is 3. The lowest BCUT2D eigenvalue weighted by Gasteiger charge is -2.19. The van der Waals surface area contributed by atoms with Crippen LogP contribution in [0, 0.1) is 5.92 Å². The largest absolute Gasteiger partial charge is 0.327 e. The van der Waals surface area contributed by atoms with Crippen LogP contribution in [0.2, 0.25) is 0 Å². The van der Waals surface area contributed by atoms with E-state index in [9.17, 15) is 4.39 Å². The maximum absolute atomic E-state index is 12.8. The molecule has 62 valence electrons. The van der Waals surface area contributed by atoms with Gasteiger partial charge in [0.05, 0.1) is 0 Å². The van der Waals surface area contributed by atoms with E-state index < -0.39 is 0 Å². The van der Waals surface area contributed by atoms with Gasteiger partial charge in [0.15, 0.2) is 0 Å². The highest BCUT2D eigenvalue weighted by Gasteiger charge is 2.15. The summed E-state index contributed by atoms with van der Waals surface area (Å²) in [6.45, 7) is 3.73. The Hall–Kier alpha value is -0.630. The van der Waals surface area contributed by atoms with Crippen LogP contribution in [-0.2, 0) is 0 Å². The van der Waals surface area contributed by atoms with Crippen molar-refractivity contribution in [2.75, 3.05) is 0 Å².